The van der Waals surface area contributed by atoms with Crippen LogP contribution in [0.4, 0.5) is 0 Å². The fraction of sp³-hybridized carbons (Fsp3) is 1.00. The molecule has 2 nitrogen and oxygen atoms in total. The highest BCUT2D eigenvalue weighted by molar-refractivity contribution is 4.86. The Hall–Kier alpha value is -0.0800. The summed E-state index contributed by atoms with van der Waals surface area (Å²) < 4.78 is 0. The van der Waals surface area contributed by atoms with E-state index in [-0.39, 0.29) is 0 Å². The van der Waals surface area contributed by atoms with Gasteiger partial charge in [0.15, 0.2) is 0 Å². The molecule has 2 aliphatic carbocycles. The zero-order chi connectivity index (χ0) is 13.0. The maximum absolute atomic E-state index is 3.73. The second kappa shape index (κ2) is 6.91. The smallest absolute Gasteiger partial charge is 0.0107 e. The van der Waals surface area contributed by atoms with Crippen LogP contribution in [0.25, 0.3) is 0 Å². The van der Waals surface area contributed by atoms with E-state index in [0.29, 0.717) is 0 Å². The highest BCUT2D eigenvalue weighted by Crippen LogP contribution is 2.38. The number of rotatable bonds is 6. The summed E-state index contributed by atoms with van der Waals surface area (Å²) in [5.74, 6) is 2.87. The van der Waals surface area contributed by atoms with E-state index < -0.39 is 0 Å². The first-order valence-corrected chi connectivity index (χ1v) is 8.12. The van der Waals surface area contributed by atoms with Crippen LogP contribution >= 0.6 is 0 Å². The molecule has 0 spiro atoms. The van der Waals surface area contributed by atoms with Crippen molar-refractivity contribution in [1.29, 1.82) is 0 Å². The molecule has 106 valence electrons. The summed E-state index contributed by atoms with van der Waals surface area (Å²) in [6, 6.07) is 0.775. The van der Waals surface area contributed by atoms with Gasteiger partial charge in [-0.25, -0.2) is 0 Å². The van der Waals surface area contributed by atoms with Crippen LogP contribution in [0.3, 0.4) is 0 Å². The van der Waals surface area contributed by atoms with Crippen molar-refractivity contribution in [2.45, 2.75) is 58.4 Å². The van der Waals surface area contributed by atoms with Crippen LogP contribution in [0.15, 0.2) is 0 Å². The molecule has 0 radical (unpaired) electrons. The predicted molar refractivity (Wildman–Crippen MR) is 78.8 cm³/mol. The monoisotopic (exact) mass is 252 g/mol. The highest BCUT2D eigenvalue weighted by atomic mass is 15.1. The van der Waals surface area contributed by atoms with Gasteiger partial charge in [-0.05, 0) is 50.6 Å². The Balaban J connectivity index is 1.79. The molecule has 0 heterocycles. The average molecular weight is 252 g/mol. The zero-order valence-electron chi connectivity index (χ0n) is 12.6. The summed E-state index contributed by atoms with van der Waals surface area (Å²) >= 11 is 0. The van der Waals surface area contributed by atoms with E-state index in [1.807, 2.05) is 0 Å². The van der Waals surface area contributed by atoms with Gasteiger partial charge in [-0.1, -0.05) is 33.1 Å². The molecule has 4 unspecified atom stereocenters. The molecule has 0 aliphatic heterocycles. The van der Waals surface area contributed by atoms with Crippen molar-refractivity contribution < 1.29 is 0 Å². The minimum Gasteiger partial charge on any atom is -0.314 e. The minimum atomic E-state index is 0.775. The lowest BCUT2D eigenvalue weighted by molar-refractivity contribution is 0.217. The largest absolute Gasteiger partial charge is 0.314 e. The fourth-order valence-electron chi connectivity index (χ4n) is 3.66. The number of nitrogens with one attached hydrogen (secondary N) is 1. The van der Waals surface area contributed by atoms with Crippen LogP contribution in [0.2, 0.25) is 0 Å². The summed E-state index contributed by atoms with van der Waals surface area (Å²) in [6.07, 6.45) is 8.61. The molecule has 0 amide bonds. The van der Waals surface area contributed by atoms with Crippen LogP contribution in [0.1, 0.15) is 52.4 Å². The number of nitrogens with zero attached hydrogens (tertiary/aromatic N) is 1. The minimum absolute atomic E-state index is 0.775. The van der Waals surface area contributed by atoms with Crippen molar-refractivity contribution in [1.82, 2.24) is 10.2 Å². The normalized spacial score (nSPS) is 36.7. The molecule has 2 heteroatoms. The summed E-state index contributed by atoms with van der Waals surface area (Å²) in [5, 5.41) is 3.73. The van der Waals surface area contributed by atoms with E-state index in [4.69, 9.17) is 0 Å². The molecule has 0 aromatic carbocycles. The molecular formula is C16H32N2. The van der Waals surface area contributed by atoms with Crippen LogP contribution in [-0.4, -0.2) is 37.6 Å². The van der Waals surface area contributed by atoms with E-state index >= 15 is 0 Å². The molecular weight excluding hydrogens is 220 g/mol. The second-order valence-electron chi connectivity index (χ2n) is 6.76. The first-order chi connectivity index (χ1) is 8.70. The van der Waals surface area contributed by atoms with Gasteiger partial charge < -0.3 is 10.2 Å². The van der Waals surface area contributed by atoms with Gasteiger partial charge in [0.2, 0.25) is 0 Å². The van der Waals surface area contributed by atoms with Crippen LogP contribution in [-0.2, 0) is 0 Å². The second-order valence-corrected chi connectivity index (χ2v) is 6.76. The standard InChI is InChI=1S/C16H32N2/c1-4-17-16-9-7-5-6-8-14(16)11-18(3)12-15-10-13(15)2/h13-17H,4-12H2,1-3H3. The molecule has 0 aromatic heterocycles. The number of hydrogen-bond acceptors (Lipinski definition) is 2. The van der Waals surface area contributed by atoms with Gasteiger partial charge >= 0.3 is 0 Å². The molecule has 0 bridgehead atoms. The SMILES string of the molecule is CCNC1CCCCCC1CN(C)CC1CC1C. The quantitative estimate of drug-likeness (QED) is 0.731. The predicted octanol–water partition coefficient (Wildman–Crippen LogP) is 3.13. The van der Waals surface area contributed by atoms with Crippen molar-refractivity contribution >= 4 is 0 Å². The molecule has 2 rings (SSSR count). The van der Waals surface area contributed by atoms with Gasteiger partial charge in [-0.2, -0.15) is 0 Å². The first kappa shape index (κ1) is 14.3. The maximum Gasteiger partial charge on any atom is 0.0107 e. The highest BCUT2D eigenvalue weighted by Gasteiger charge is 2.34. The van der Waals surface area contributed by atoms with Gasteiger partial charge in [0, 0.05) is 19.1 Å². The Morgan fingerprint density at radius 2 is 1.72 bits per heavy atom. The van der Waals surface area contributed by atoms with Crippen molar-refractivity contribution in [3.8, 4) is 0 Å². The summed E-state index contributed by atoms with van der Waals surface area (Å²) in [7, 11) is 2.33. The summed E-state index contributed by atoms with van der Waals surface area (Å²) in [4.78, 5) is 2.61. The zero-order valence-corrected chi connectivity index (χ0v) is 12.6. The third-order valence-corrected chi connectivity index (χ3v) is 4.99. The van der Waals surface area contributed by atoms with E-state index in [1.54, 1.807) is 0 Å². The maximum atomic E-state index is 3.73. The van der Waals surface area contributed by atoms with E-state index in [0.717, 1.165) is 30.3 Å². The molecule has 0 saturated heterocycles. The van der Waals surface area contributed by atoms with Gasteiger partial charge in [-0.15, -0.1) is 0 Å². The Morgan fingerprint density at radius 3 is 2.39 bits per heavy atom. The lowest BCUT2D eigenvalue weighted by Gasteiger charge is -2.30. The third kappa shape index (κ3) is 4.24. The molecule has 2 fully saturated rings. The first-order valence-electron chi connectivity index (χ1n) is 8.12. The van der Waals surface area contributed by atoms with Gasteiger partial charge in [0.05, 0.1) is 0 Å². The van der Waals surface area contributed by atoms with Crippen molar-refractivity contribution in [2.24, 2.45) is 17.8 Å². The molecule has 4 atom stereocenters. The van der Waals surface area contributed by atoms with E-state index in [2.05, 4.69) is 31.1 Å². The Labute approximate surface area is 114 Å². The van der Waals surface area contributed by atoms with E-state index in [9.17, 15) is 0 Å². The van der Waals surface area contributed by atoms with Gasteiger partial charge in [0.25, 0.3) is 0 Å². The third-order valence-electron chi connectivity index (χ3n) is 4.99. The van der Waals surface area contributed by atoms with Gasteiger partial charge in [0.1, 0.15) is 0 Å². The molecule has 1 N–H and O–H groups in total. The Bertz CT molecular complexity index is 241. The van der Waals surface area contributed by atoms with Crippen molar-refractivity contribution in [3.05, 3.63) is 0 Å². The number of hydrogen-bond donors (Lipinski definition) is 1. The Kier molecular flexibility index (Phi) is 5.50. The van der Waals surface area contributed by atoms with Crippen LogP contribution in [0, 0.1) is 17.8 Å². The summed E-state index contributed by atoms with van der Waals surface area (Å²) in [5.41, 5.74) is 0. The average Bonchev–Trinajstić information content (AvgIpc) is 3.05. The molecule has 18 heavy (non-hydrogen) atoms. The van der Waals surface area contributed by atoms with E-state index in [1.165, 1.54) is 51.6 Å². The molecule has 2 aliphatic rings. The topological polar surface area (TPSA) is 15.3 Å². The molecule has 0 aromatic rings. The fourth-order valence-corrected chi connectivity index (χ4v) is 3.66. The van der Waals surface area contributed by atoms with Crippen LogP contribution < -0.4 is 5.32 Å². The lowest BCUT2D eigenvalue weighted by Crippen LogP contribution is -2.41. The van der Waals surface area contributed by atoms with Crippen molar-refractivity contribution in [2.75, 3.05) is 26.7 Å². The summed E-state index contributed by atoms with van der Waals surface area (Å²) in [6.45, 7) is 8.41. The van der Waals surface area contributed by atoms with Crippen LogP contribution in [0.5, 0.6) is 0 Å². The molecule has 2 saturated carbocycles. The van der Waals surface area contributed by atoms with Crippen molar-refractivity contribution in [3.63, 3.8) is 0 Å². The van der Waals surface area contributed by atoms with Gasteiger partial charge in [-0.3, -0.25) is 0 Å². The Morgan fingerprint density at radius 1 is 1.06 bits per heavy atom. The lowest BCUT2D eigenvalue weighted by atomic mass is 9.94.